The number of hydrogen-bond acceptors (Lipinski definition) is 7. The first-order valence-corrected chi connectivity index (χ1v) is 9.82. The van der Waals surface area contributed by atoms with Gasteiger partial charge in [0, 0.05) is 22.0 Å². The lowest BCUT2D eigenvalue weighted by Gasteiger charge is -2.07. The van der Waals surface area contributed by atoms with Crippen molar-refractivity contribution >= 4 is 44.8 Å². The molecule has 4 aromatic rings. The number of furan rings is 1. The molecule has 0 saturated heterocycles. The van der Waals surface area contributed by atoms with Gasteiger partial charge >= 0.3 is 5.97 Å². The molecule has 144 valence electrons. The Kier molecular flexibility index (Phi) is 5.10. The Balaban J connectivity index is 1.47. The van der Waals surface area contributed by atoms with Gasteiger partial charge in [-0.05, 0) is 23.8 Å². The molecule has 0 spiro atoms. The monoisotopic (exact) mass is 404 g/mol. The largest absolute Gasteiger partial charge is 0.464 e. The second-order valence-electron chi connectivity index (χ2n) is 6.61. The zero-order valence-corrected chi connectivity index (χ0v) is 16.4. The Morgan fingerprint density at radius 3 is 2.86 bits per heavy atom. The minimum atomic E-state index is -1.03. The highest BCUT2D eigenvalue weighted by atomic mass is 32.1. The molecule has 4 rings (SSSR count). The predicted molar refractivity (Wildman–Crippen MR) is 109 cm³/mol. The first kappa shape index (κ1) is 18.8. The lowest BCUT2D eigenvalue weighted by Crippen LogP contribution is -2.20. The van der Waals surface area contributed by atoms with Crippen molar-refractivity contribution in [3.63, 3.8) is 0 Å². The maximum atomic E-state index is 12.3. The van der Waals surface area contributed by atoms with Gasteiger partial charge in [0.25, 0.3) is 0 Å². The van der Waals surface area contributed by atoms with Crippen molar-refractivity contribution in [2.24, 2.45) is 0 Å². The maximum absolute atomic E-state index is 12.3. The number of aryl methyl sites for hydroxylation is 1. The van der Waals surface area contributed by atoms with Gasteiger partial charge in [0.05, 0.1) is 18.8 Å². The van der Waals surface area contributed by atoms with Crippen LogP contribution in [0, 0.1) is 18.3 Å². The summed E-state index contributed by atoms with van der Waals surface area (Å²) in [7, 11) is 0. The highest BCUT2D eigenvalue weighted by Crippen LogP contribution is 2.30. The molecule has 0 radical (unpaired) electrons. The van der Waals surface area contributed by atoms with E-state index >= 15 is 0 Å². The van der Waals surface area contributed by atoms with E-state index < -0.39 is 24.3 Å². The summed E-state index contributed by atoms with van der Waals surface area (Å²) in [5, 5.41) is 14.4. The zero-order valence-electron chi connectivity index (χ0n) is 15.5. The molecule has 0 unspecified atom stereocenters. The van der Waals surface area contributed by atoms with Crippen LogP contribution in [-0.2, 0) is 20.7 Å². The normalized spacial score (nSPS) is 12.0. The number of benzene rings is 2. The van der Waals surface area contributed by atoms with Crippen LogP contribution in [0.1, 0.15) is 22.2 Å². The van der Waals surface area contributed by atoms with E-state index in [2.05, 4.69) is 4.98 Å². The molecule has 2 aromatic heterocycles. The average Bonchev–Trinajstić information content (AvgIpc) is 3.33. The van der Waals surface area contributed by atoms with E-state index in [9.17, 15) is 14.9 Å². The number of fused-ring (bicyclic) bond motifs is 3. The molecule has 7 heteroatoms. The van der Waals surface area contributed by atoms with Crippen molar-refractivity contribution in [3.8, 4) is 6.07 Å². The fourth-order valence-corrected chi connectivity index (χ4v) is 4.08. The number of hydrogen-bond donors (Lipinski definition) is 0. The van der Waals surface area contributed by atoms with Crippen molar-refractivity contribution in [1.82, 2.24) is 4.98 Å². The van der Waals surface area contributed by atoms with Crippen LogP contribution in [0.4, 0.5) is 0 Å². The van der Waals surface area contributed by atoms with E-state index in [1.54, 1.807) is 12.3 Å². The number of ether oxygens (including phenoxy) is 1. The van der Waals surface area contributed by atoms with Crippen molar-refractivity contribution in [2.45, 2.75) is 19.3 Å². The van der Waals surface area contributed by atoms with Gasteiger partial charge in [0.15, 0.2) is 18.3 Å². The van der Waals surface area contributed by atoms with Gasteiger partial charge in [-0.15, -0.1) is 11.3 Å². The molecule has 1 atom stereocenters. The molecular formula is C22H16N2O4S. The number of carbonyl (C=O) groups is 2. The quantitative estimate of drug-likeness (QED) is 0.445. The predicted octanol–water partition coefficient (Wildman–Crippen LogP) is 4.31. The number of Topliss-reactive ketones (excluding diaryl/α,β-unsaturated/α-hetero) is 1. The van der Waals surface area contributed by atoms with Crippen LogP contribution in [0.2, 0.25) is 0 Å². The Morgan fingerprint density at radius 1 is 1.28 bits per heavy atom. The molecule has 0 aliphatic carbocycles. The van der Waals surface area contributed by atoms with Gasteiger partial charge in [0.1, 0.15) is 10.6 Å². The fourth-order valence-electron chi connectivity index (χ4n) is 3.22. The zero-order chi connectivity index (χ0) is 20.4. The number of esters is 1. The van der Waals surface area contributed by atoms with Gasteiger partial charge in [-0.3, -0.25) is 9.59 Å². The first-order chi connectivity index (χ1) is 14.1. The SMILES string of the molecule is Cc1csc([C@H](C#N)C(=O)COC(=O)Cc2coc3ccc4ccccc4c23)n1. The molecule has 6 nitrogen and oxygen atoms in total. The van der Waals surface area contributed by atoms with Gasteiger partial charge < -0.3 is 9.15 Å². The maximum Gasteiger partial charge on any atom is 0.310 e. The number of rotatable bonds is 6. The molecule has 0 N–H and O–H groups in total. The molecule has 0 saturated carbocycles. The molecule has 29 heavy (non-hydrogen) atoms. The second-order valence-corrected chi connectivity index (χ2v) is 7.50. The molecule has 0 aliphatic rings. The molecule has 0 amide bonds. The molecular weight excluding hydrogens is 388 g/mol. The summed E-state index contributed by atoms with van der Waals surface area (Å²) in [4.78, 5) is 28.8. The number of carbonyl (C=O) groups excluding carboxylic acids is 2. The van der Waals surface area contributed by atoms with Crippen LogP contribution in [0.3, 0.4) is 0 Å². The van der Waals surface area contributed by atoms with Crippen molar-refractivity contribution in [2.75, 3.05) is 6.61 Å². The van der Waals surface area contributed by atoms with Crippen molar-refractivity contribution < 1.29 is 18.7 Å². The minimum absolute atomic E-state index is 0.0259. The van der Waals surface area contributed by atoms with Gasteiger partial charge in [0.2, 0.25) is 0 Å². The van der Waals surface area contributed by atoms with E-state index in [-0.39, 0.29) is 6.42 Å². The summed E-state index contributed by atoms with van der Waals surface area (Å²) in [5.74, 6) is -2.07. The number of aromatic nitrogens is 1. The third-order valence-electron chi connectivity index (χ3n) is 4.59. The summed E-state index contributed by atoms with van der Waals surface area (Å²) < 4.78 is 10.7. The lowest BCUT2D eigenvalue weighted by molar-refractivity contribution is -0.147. The van der Waals surface area contributed by atoms with Crippen molar-refractivity contribution in [3.05, 3.63) is 64.3 Å². The standard InChI is InChI=1S/C22H16N2O4S/c1-13-12-29-22(24-13)17(9-23)18(25)11-28-20(26)8-15-10-27-19-7-6-14-4-2-3-5-16(14)21(15)19/h2-7,10,12,17H,8,11H2,1H3/t17-/m1/s1. The third kappa shape index (κ3) is 3.75. The summed E-state index contributed by atoms with van der Waals surface area (Å²) in [6, 6.07) is 13.6. The lowest BCUT2D eigenvalue weighted by atomic mass is 10.0. The average molecular weight is 404 g/mol. The van der Waals surface area contributed by atoms with E-state index in [1.165, 1.54) is 17.6 Å². The van der Waals surface area contributed by atoms with Crippen molar-refractivity contribution in [1.29, 1.82) is 5.26 Å². The van der Waals surface area contributed by atoms with Crippen LogP contribution in [0.15, 0.2) is 52.5 Å². The second kappa shape index (κ2) is 7.86. The summed E-state index contributed by atoms with van der Waals surface area (Å²) >= 11 is 1.24. The van der Waals surface area contributed by atoms with Gasteiger partial charge in [-0.1, -0.05) is 30.3 Å². The van der Waals surface area contributed by atoms with E-state index in [1.807, 2.05) is 42.5 Å². The molecule has 0 fully saturated rings. The first-order valence-electron chi connectivity index (χ1n) is 8.94. The van der Waals surface area contributed by atoms with E-state index in [0.717, 1.165) is 21.9 Å². The smallest absolute Gasteiger partial charge is 0.310 e. The third-order valence-corrected chi connectivity index (χ3v) is 5.61. The molecule has 0 bridgehead atoms. The number of thiazole rings is 1. The van der Waals surface area contributed by atoms with E-state index in [4.69, 9.17) is 9.15 Å². The van der Waals surface area contributed by atoms with Crippen LogP contribution < -0.4 is 0 Å². The molecule has 0 aliphatic heterocycles. The van der Waals surface area contributed by atoms with Gasteiger partial charge in [-0.25, -0.2) is 4.98 Å². The number of nitriles is 1. The highest BCUT2D eigenvalue weighted by Gasteiger charge is 2.24. The molecule has 2 aromatic carbocycles. The Bertz CT molecular complexity index is 1260. The van der Waals surface area contributed by atoms with Gasteiger partial charge in [-0.2, -0.15) is 5.26 Å². The number of nitrogens with zero attached hydrogens (tertiary/aromatic N) is 2. The summed E-state index contributed by atoms with van der Waals surface area (Å²) in [6.45, 7) is 1.32. The highest BCUT2D eigenvalue weighted by molar-refractivity contribution is 7.09. The fraction of sp³-hybridized carbons (Fsp3) is 0.182. The van der Waals surface area contributed by atoms with E-state index in [0.29, 0.717) is 16.2 Å². The summed E-state index contributed by atoms with van der Waals surface area (Å²) in [6.07, 6.45) is 1.51. The topological polar surface area (TPSA) is 93.2 Å². The van der Waals surface area contributed by atoms with Crippen LogP contribution >= 0.6 is 11.3 Å². The van der Waals surface area contributed by atoms with Crippen LogP contribution in [0.5, 0.6) is 0 Å². The number of ketones is 1. The minimum Gasteiger partial charge on any atom is -0.464 e. The van der Waals surface area contributed by atoms with Crippen LogP contribution in [-0.4, -0.2) is 23.3 Å². The Hall–Kier alpha value is -3.50. The van der Waals surface area contributed by atoms with Crippen LogP contribution in [0.25, 0.3) is 21.7 Å². The Labute approximate surface area is 170 Å². The molecule has 2 heterocycles. The Morgan fingerprint density at radius 2 is 2.10 bits per heavy atom. The summed E-state index contributed by atoms with van der Waals surface area (Å²) in [5.41, 5.74) is 2.13.